The van der Waals surface area contributed by atoms with E-state index in [1.54, 1.807) is 0 Å². The van der Waals surface area contributed by atoms with Crippen LogP contribution in [0.3, 0.4) is 0 Å². The van der Waals surface area contributed by atoms with Crippen molar-refractivity contribution < 1.29 is 0 Å². The van der Waals surface area contributed by atoms with E-state index in [-0.39, 0.29) is 0 Å². The maximum atomic E-state index is 5.14. The third-order valence-corrected chi connectivity index (χ3v) is 1.97. The van der Waals surface area contributed by atoms with Crippen LogP contribution in [0.5, 0.6) is 0 Å². The summed E-state index contributed by atoms with van der Waals surface area (Å²) in [5, 5.41) is 3.27. The van der Waals surface area contributed by atoms with Crippen LogP contribution in [0.1, 0.15) is 40.0 Å². The molecule has 1 nitrogen and oxygen atoms in total. The molecule has 70 valence electrons. The summed E-state index contributed by atoms with van der Waals surface area (Å²) in [6, 6.07) is 0.569. The average Bonchev–Trinajstić information content (AvgIpc) is 2.00. The Morgan fingerprint density at radius 2 is 1.92 bits per heavy atom. The van der Waals surface area contributed by atoms with Gasteiger partial charge in [0.05, 0.1) is 6.54 Å². The van der Waals surface area contributed by atoms with E-state index in [2.05, 4.69) is 32.0 Å². The predicted octanol–water partition coefficient (Wildman–Crippen LogP) is 2.42. The van der Waals surface area contributed by atoms with E-state index in [1.165, 1.54) is 19.3 Å². The lowest BCUT2D eigenvalue weighted by Gasteiger charge is -2.12. The molecule has 0 aliphatic carbocycles. The Kier molecular flexibility index (Phi) is 6.90. The summed E-state index contributed by atoms with van der Waals surface area (Å²) < 4.78 is 0. The van der Waals surface area contributed by atoms with Crippen molar-refractivity contribution in [1.82, 2.24) is 5.32 Å². The zero-order valence-corrected chi connectivity index (χ0v) is 8.56. The second kappa shape index (κ2) is 7.18. The Balaban J connectivity index is 3.20. The first-order chi connectivity index (χ1) is 5.66. The van der Waals surface area contributed by atoms with Crippen LogP contribution in [0.4, 0.5) is 0 Å². The molecule has 0 saturated carbocycles. The second-order valence-electron chi connectivity index (χ2n) is 3.81. The van der Waals surface area contributed by atoms with Crippen molar-refractivity contribution in [3.63, 3.8) is 0 Å². The van der Waals surface area contributed by atoms with Crippen LogP contribution in [0.2, 0.25) is 0 Å². The maximum absolute atomic E-state index is 5.14. The molecule has 1 atom stereocenters. The predicted molar refractivity (Wildman–Crippen MR) is 55.0 cm³/mol. The first kappa shape index (κ1) is 11.5. The fourth-order valence-corrected chi connectivity index (χ4v) is 1.17. The molecule has 0 aromatic rings. The molecular weight excluding hydrogens is 146 g/mol. The molecule has 0 spiro atoms. The van der Waals surface area contributed by atoms with Crippen molar-refractivity contribution >= 4 is 0 Å². The number of hydrogen-bond donors (Lipinski definition) is 1. The molecule has 12 heavy (non-hydrogen) atoms. The quantitative estimate of drug-likeness (QED) is 0.599. The van der Waals surface area contributed by atoms with E-state index in [1.807, 2.05) is 0 Å². The van der Waals surface area contributed by atoms with Crippen molar-refractivity contribution in [3.8, 4) is 12.3 Å². The van der Waals surface area contributed by atoms with Gasteiger partial charge in [-0.3, -0.25) is 0 Å². The van der Waals surface area contributed by atoms with Crippen molar-refractivity contribution in [2.75, 3.05) is 6.54 Å². The smallest absolute Gasteiger partial charge is 0.0575 e. The summed E-state index contributed by atoms with van der Waals surface area (Å²) in [5.41, 5.74) is 0. The highest BCUT2D eigenvalue weighted by Crippen LogP contribution is 2.07. The lowest BCUT2D eigenvalue weighted by Crippen LogP contribution is -2.26. The highest BCUT2D eigenvalue weighted by Gasteiger charge is 2.00. The Bertz CT molecular complexity index is 132. The number of rotatable bonds is 6. The number of nitrogens with one attached hydrogen (secondary N) is 1. The van der Waals surface area contributed by atoms with Crippen LogP contribution in [0.25, 0.3) is 0 Å². The van der Waals surface area contributed by atoms with Gasteiger partial charge in [0.1, 0.15) is 0 Å². The first-order valence-corrected chi connectivity index (χ1v) is 4.83. The van der Waals surface area contributed by atoms with Gasteiger partial charge in [0.25, 0.3) is 0 Å². The van der Waals surface area contributed by atoms with Gasteiger partial charge in [-0.1, -0.05) is 32.6 Å². The standard InChI is InChI=1S/C11H21N/c1-5-9-12-11(4)8-6-7-10(2)3/h1,10-12H,6-9H2,2-4H3/t11-/m1/s1. The molecule has 0 saturated heterocycles. The van der Waals surface area contributed by atoms with Gasteiger partial charge in [-0.2, -0.15) is 0 Å². The topological polar surface area (TPSA) is 12.0 Å². The summed E-state index contributed by atoms with van der Waals surface area (Å²) in [4.78, 5) is 0. The third-order valence-electron chi connectivity index (χ3n) is 1.97. The summed E-state index contributed by atoms with van der Waals surface area (Å²) >= 11 is 0. The monoisotopic (exact) mass is 167 g/mol. The Morgan fingerprint density at radius 1 is 1.25 bits per heavy atom. The Hall–Kier alpha value is -0.480. The molecule has 0 heterocycles. The van der Waals surface area contributed by atoms with Gasteiger partial charge in [0.2, 0.25) is 0 Å². The number of terminal acetylenes is 1. The van der Waals surface area contributed by atoms with Gasteiger partial charge in [-0.15, -0.1) is 6.42 Å². The van der Waals surface area contributed by atoms with Crippen LogP contribution in [-0.2, 0) is 0 Å². The minimum Gasteiger partial charge on any atom is -0.304 e. The van der Waals surface area contributed by atoms with Crippen LogP contribution in [-0.4, -0.2) is 12.6 Å². The molecule has 0 aromatic carbocycles. The van der Waals surface area contributed by atoms with Crippen molar-refractivity contribution in [3.05, 3.63) is 0 Å². The van der Waals surface area contributed by atoms with Gasteiger partial charge in [-0.25, -0.2) is 0 Å². The second-order valence-corrected chi connectivity index (χ2v) is 3.81. The molecule has 0 bridgehead atoms. The lowest BCUT2D eigenvalue weighted by atomic mass is 10.0. The van der Waals surface area contributed by atoms with Gasteiger partial charge in [0, 0.05) is 6.04 Å². The summed E-state index contributed by atoms with van der Waals surface area (Å²) in [6.45, 7) is 7.42. The van der Waals surface area contributed by atoms with E-state index in [4.69, 9.17) is 6.42 Å². The zero-order chi connectivity index (χ0) is 9.40. The third kappa shape index (κ3) is 7.63. The molecule has 1 N–H and O–H groups in total. The van der Waals surface area contributed by atoms with Crippen LogP contribution in [0, 0.1) is 18.3 Å². The fraction of sp³-hybridized carbons (Fsp3) is 0.818. The van der Waals surface area contributed by atoms with Gasteiger partial charge in [0.15, 0.2) is 0 Å². The summed E-state index contributed by atoms with van der Waals surface area (Å²) in [5.74, 6) is 3.41. The molecule has 0 aliphatic heterocycles. The van der Waals surface area contributed by atoms with E-state index < -0.39 is 0 Å². The van der Waals surface area contributed by atoms with Gasteiger partial charge in [-0.05, 0) is 19.3 Å². The largest absolute Gasteiger partial charge is 0.304 e. The Labute approximate surface area is 76.9 Å². The molecule has 0 amide bonds. The molecule has 0 fully saturated rings. The van der Waals surface area contributed by atoms with E-state index in [0.29, 0.717) is 12.6 Å². The zero-order valence-electron chi connectivity index (χ0n) is 8.56. The summed E-state index contributed by atoms with van der Waals surface area (Å²) in [7, 11) is 0. The minimum atomic E-state index is 0.569. The van der Waals surface area contributed by atoms with Crippen molar-refractivity contribution in [2.24, 2.45) is 5.92 Å². The van der Waals surface area contributed by atoms with E-state index >= 15 is 0 Å². The molecule has 0 unspecified atom stereocenters. The highest BCUT2D eigenvalue weighted by molar-refractivity contribution is 4.87. The number of hydrogen-bond acceptors (Lipinski definition) is 1. The minimum absolute atomic E-state index is 0.569. The lowest BCUT2D eigenvalue weighted by molar-refractivity contribution is 0.472. The molecule has 0 aromatic heterocycles. The highest BCUT2D eigenvalue weighted by atomic mass is 14.9. The molecular formula is C11H21N. The molecule has 0 rings (SSSR count). The first-order valence-electron chi connectivity index (χ1n) is 4.83. The van der Waals surface area contributed by atoms with Gasteiger partial charge < -0.3 is 5.32 Å². The van der Waals surface area contributed by atoms with Crippen LogP contribution in [0.15, 0.2) is 0 Å². The van der Waals surface area contributed by atoms with Gasteiger partial charge >= 0.3 is 0 Å². The van der Waals surface area contributed by atoms with E-state index in [9.17, 15) is 0 Å². The normalized spacial score (nSPS) is 12.9. The Morgan fingerprint density at radius 3 is 2.42 bits per heavy atom. The van der Waals surface area contributed by atoms with Crippen molar-refractivity contribution in [1.29, 1.82) is 0 Å². The SMILES string of the molecule is C#CCN[C@H](C)CCCC(C)C. The summed E-state index contributed by atoms with van der Waals surface area (Å²) in [6.07, 6.45) is 9.00. The van der Waals surface area contributed by atoms with Crippen LogP contribution < -0.4 is 5.32 Å². The molecule has 0 aliphatic rings. The maximum Gasteiger partial charge on any atom is 0.0575 e. The molecule has 1 heteroatoms. The molecule has 0 radical (unpaired) electrons. The average molecular weight is 167 g/mol. The van der Waals surface area contributed by atoms with Crippen molar-refractivity contribution in [2.45, 2.75) is 46.1 Å². The fourth-order valence-electron chi connectivity index (χ4n) is 1.17. The van der Waals surface area contributed by atoms with E-state index in [0.717, 1.165) is 5.92 Å². The van der Waals surface area contributed by atoms with Crippen LogP contribution >= 0.6 is 0 Å².